The van der Waals surface area contributed by atoms with E-state index in [0.717, 1.165) is 11.1 Å². The number of halogens is 3. The van der Waals surface area contributed by atoms with Crippen LogP contribution >= 0.6 is 34.5 Å². The van der Waals surface area contributed by atoms with E-state index in [2.05, 4.69) is 0 Å². The summed E-state index contributed by atoms with van der Waals surface area (Å²) in [6.07, 6.45) is 1.77. The van der Waals surface area contributed by atoms with Crippen molar-refractivity contribution in [2.24, 2.45) is 4.99 Å². The van der Waals surface area contributed by atoms with E-state index in [4.69, 9.17) is 37.7 Å². The Balaban J connectivity index is 1.41. The Morgan fingerprint density at radius 3 is 2.40 bits per heavy atom. The first-order chi connectivity index (χ1) is 21.8. The number of carbonyl (C=O) groups is 1. The summed E-state index contributed by atoms with van der Waals surface area (Å²) in [7, 11) is 0. The van der Waals surface area contributed by atoms with Crippen LogP contribution in [0.5, 0.6) is 5.75 Å². The van der Waals surface area contributed by atoms with Crippen molar-refractivity contribution in [3.8, 4) is 5.75 Å². The first kappa shape index (κ1) is 30.5. The molecule has 4 aromatic carbocycles. The summed E-state index contributed by atoms with van der Waals surface area (Å²) in [5.41, 5.74) is 3.18. The highest BCUT2D eigenvalue weighted by Crippen LogP contribution is 2.35. The zero-order valence-corrected chi connectivity index (χ0v) is 26.2. The largest absolute Gasteiger partial charge is 0.489 e. The lowest BCUT2D eigenvalue weighted by Gasteiger charge is -2.25. The monoisotopic (exact) mass is 658 g/mol. The minimum Gasteiger partial charge on any atom is -0.489 e. The van der Waals surface area contributed by atoms with E-state index in [1.807, 2.05) is 60.7 Å². The normalized spacial score (nSPS) is 14.6. The maximum absolute atomic E-state index is 14.0. The molecular formula is C35H25Cl2FN2O4S. The van der Waals surface area contributed by atoms with Crippen molar-refractivity contribution in [2.75, 3.05) is 6.61 Å². The number of rotatable bonds is 8. The van der Waals surface area contributed by atoms with Crippen molar-refractivity contribution < 1.29 is 18.7 Å². The second kappa shape index (κ2) is 13.2. The summed E-state index contributed by atoms with van der Waals surface area (Å²) in [5, 5.41) is 0.939. The lowest BCUT2D eigenvalue weighted by molar-refractivity contribution is -0.138. The molecule has 0 saturated carbocycles. The van der Waals surface area contributed by atoms with E-state index in [0.29, 0.717) is 48.6 Å². The maximum Gasteiger partial charge on any atom is 0.338 e. The summed E-state index contributed by atoms with van der Waals surface area (Å²) in [5.74, 6) is -0.386. The number of hydrogen-bond acceptors (Lipinski definition) is 6. The average Bonchev–Trinajstić information content (AvgIpc) is 3.36. The molecular weight excluding hydrogens is 634 g/mol. The van der Waals surface area contributed by atoms with Crippen LogP contribution in [0.2, 0.25) is 10.0 Å². The molecule has 0 aliphatic carbocycles. The van der Waals surface area contributed by atoms with E-state index < -0.39 is 17.8 Å². The Kier molecular flexibility index (Phi) is 8.98. The van der Waals surface area contributed by atoms with E-state index >= 15 is 0 Å². The first-order valence-electron chi connectivity index (χ1n) is 14.0. The minimum atomic E-state index is -0.879. The number of esters is 1. The Morgan fingerprint density at radius 2 is 1.71 bits per heavy atom. The van der Waals surface area contributed by atoms with Crippen LogP contribution in [0.15, 0.2) is 112 Å². The molecule has 0 saturated heterocycles. The van der Waals surface area contributed by atoms with Crippen molar-refractivity contribution in [1.82, 2.24) is 4.57 Å². The quantitative estimate of drug-likeness (QED) is 0.169. The number of fused-ring (bicyclic) bond motifs is 1. The molecule has 6 rings (SSSR count). The van der Waals surface area contributed by atoms with Gasteiger partial charge in [-0.2, -0.15) is 0 Å². The molecule has 1 aliphatic heterocycles. The number of benzene rings is 4. The third-order valence-electron chi connectivity index (χ3n) is 7.13. The molecule has 1 atom stereocenters. The smallest absolute Gasteiger partial charge is 0.338 e. The van der Waals surface area contributed by atoms with Crippen molar-refractivity contribution in [3.05, 3.63) is 160 Å². The van der Waals surface area contributed by atoms with Crippen LogP contribution in [0.4, 0.5) is 4.39 Å². The molecule has 5 aromatic rings. The summed E-state index contributed by atoms with van der Waals surface area (Å²) in [4.78, 5) is 32.7. The molecule has 1 aliphatic rings. The second-order valence-corrected chi connectivity index (χ2v) is 11.9. The van der Waals surface area contributed by atoms with Crippen molar-refractivity contribution in [1.29, 1.82) is 0 Å². The Morgan fingerprint density at radius 1 is 0.978 bits per heavy atom. The predicted molar refractivity (Wildman–Crippen MR) is 175 cm³/mol. The molecule has 2 heterocycles. The van der Waals surface area contributed by atoms with E-state index in [-0.39, 0.29) is 17.7 Å². The highest BCUT2D eigenvalue weighted by Gasteiger charge is 2.35. The topological polar surface area (TPSA) is 69.9 Å². The molecule has 0 spiro atoms. The predicted octanol–water partition coefficient (Wildman–Crippen LogP) is 6.96. The van der Waals surface area contributed by atoms with Gasteiger partial charge in [0.05, 0.1) is 38.5 Å². The van der Waals surface area contributed by atoms with Crippen LogP contribution in [-0.4, -0.2) is 17.1 Å². The molecule has 0 unspecified atom stereocenters. The van der Waals surface area contributed by atoms with Gasteiger partial charge in [0, 0.05) is 5.56 Å². The zero-order chi connectivity index (χ0) is 31.5. The van der Waals surface area contributed by atoms with Gasteiger partial charge in [-0.15, -0.1) is 0 Å². The molecule has 10 heteroatoms. The minimum absolute atomic E-state index is 0.137. The molecule has 226 valence electrons. The van der Waals surface area contributed by atoms with Gasteiger partial charge in [0.2, 0.25) is 0 Å². The zero-order valence-electron chi connectivity index (χ0n) is 23.9. The highest BCUT2D eigenvalue weighted by atomic mass is 35.5. The van der Waals surface area contributed by atoms with Crippen LogP contribution in [0.3, 0.4) is 0 Å². The molecule has 0 amide bonds. The first-order valence-corrected chi connectivity index (χ1v) is 15.6. The Hall–Kier alpha value is -4.50. The summed E-state index contributed by atoms with van der Waals surface area (Å²) in [6.45, 7) is 2.16. The number of nitrogens with zero attached hydrogens (tertiary/aromatic N) is 2. The third-order valence-corrected chi connectivity index (χ3v) is 8.85. The van der Waals surface area contributed by atoms with Gasteiger partial charge in [-0.1, -0.05) is 95.2 Å². The fraction of sp³-hybridized carbons (Fsp3) is 0.114. The molecule has 0 fully saturated rings. The highest BCUT2D eigenvalue weighted by molar-refractivity contribution is 7.07. The van der Waals surface area contributed by atoms with Gasteiger partial charge in [0.15, 0.2) is 4.80 Å². The van der Waals surface area contributed by atoms with Gasteiger partial charge < -0.3 is 9.47 Å². The molecule has 0 N–H and O–H groups in total. The third kappa shape index (κ3) is 6.49. The van der Waals surface area contributed by atoms with Crippen molar-refractivity contribution >= 4 is 52.3 Å². The average molecular weight is 660 g/mol. The van der Waals surface area contributed by atoms with Crippen LogP contribution < -0.4 is 19.6 Å². The standard InChI is InChI=1S/C35H25Cl2FN2O4S/c1-2-43-34(42)30-31(23-6-4-3-5-7-23)39-35-40(32(30)24-11-13-25(38)14-12-24)33(41)29(45-35)19-21-8-15-26(16-9-21)44-20-22-10-17-27(36)28(37)18-22/h3-19,32H,2,20H2,1H3/b29-19+/t32-/m1/s1. The van der Waals surface area contributed by atoms with Crippen molar-refractivity contribution in [2.45, 2.75) is 19.6 Å². The second-order valence-electron chi connectivity index (χ2n) is 10.1. The van der Waals surface area contributed by atoms with Crippen LogP contribution in [-0.2, 0) is 16.1 Å². The molecule has 0 radical (unpaired) electrons. The molecule has 1 aromatic heterocycles. The van der Waals surface area contributed by atoms with Gasteiger partial charge in [-0.05, 0) is 66.1 Å². The lowest BCUT2D eigenvalue weighted by atomic mass is 9.93. The van der Waals surface area contributed by atoms with Gasteiger partial charge in [0.1, 0.15) is 18.2 Å². The number of carbonyl (C=O) groups excluding carboxylic acids is 1. The van der Waals surface area contributed by atoms with Gasteiger partial charge >= 0.3 is 5.97 Å². The fourth-order valence-electron chi connectivity index (χ4n) is 5.01. The Bertz CT molecular complexity index is 2090. The van der Waals surface area contributed by atoms with Crippen molar-refractivity contribution in [3.63, 3.8) is 0 Å². The van der Waals surface area contributed by atoms with Gasteiger partial charge in [-0.3, -0.25) is 9.36 Å². The summed E-state index contributed by atoms with van der Waals surface area (Å²) < 4.78 is 27.2. The number of aromatic nitrogens is 1. The lowest BCUT2D eigenvalue weighted by Crippen LogP contribution is -2.40. The van der Waals surface area contributed by atoms with Gasteiger partial charge in [0.25, 0.3) is 5.56 Å². The SMILES string of the molecule is CCOC(=O)C1=C(c2ccccc2)N=c2s/c(=C/c3ccc(OCc4ccc(Cl)c(Cl)c4)cc3)c(=O)n2[C@@H]1c1ccc(F)cc1. The van der Waals surface area contributed by atoms with Crippen LogP contribution in [0, 0.1) is 5.82 Å². The van der Waals surface area contributed by atoms with E-state index in [1.54, 1.807) is 37.3 Å². The summed E-state index contributed by atoms with van der Waals surface area (Å²) >= 11 is 13.3. The number of thiazole rings is 1. The fourth-order valence-corrected chi connectivity index (χ4v) is 6.33. The van der Waals surface area contributed by atoms with Gasteiger partial charge in [-0.25, -0.2) is 14.2 Å². The van der Waals surface area contributed by atoms with Crippen LogP contribution in [0.1, 0.15) is 35.2 Å². The molecule has 6 nitrogen and oxygen atoms in total. The Labute approximate surface area is 271 Å². The number of hydrogen-bond donors (Lipinski definition) is 0. The van der Waals surface area contributed by atoms with Crippen LogP contribution in [0.25, 0.3) is 11.8 Å². The maximum atomic E-state index is 14.0. The molecule has 45 heavy (non-hydrogen) atoms. The van der Waals surface area contributed by atoms with E-state index in [1.165, 1.54) is 28.0 Å². The molecule has 0 bridgehead atoms. The van der Waals surface area contributed by atoms with E-state index in [9.17, 15) is 14.0 Å². The number of ether oxygens (including phenoxy) is 2. The summed E-state index contributed by atoms with van der Waals surface area (Å²) in [6, 6.07) is 26.8.